The Morgan fingerprint density at radius 3 is 2.71 bits per heavy atom. The first kappa shape index (κ1) is 10.3. The highest BCUT2D eigenvalue weighted by Gasteiger charge is 2.57. The number of hydrogen-bond acceptors (Lipinski definition) is 2. The SMILES string of the molecule is NC1C2CC3CC1C(C2)C3NC1C=CC=CC1. The van der Waals surface area contributed by atoms with Crippen molar-refractivity contribution >= 4 is 0 Å². The molecule has 5 aliphatic carbocycles. The van der Waals surface area contributed by atoms with Crippen LogP contribution in [0.4, 0.5) is 0 Å². The summed E-state index contributed by atoms with van der Waals surface area (Å²) in [5.74, 6) is 3.49. The van der Waals surface area contributed by atoms with Gasteiger partial charge >= 0.3 is 0 Å². The fraction of sp³-hybridized carbons (Fsp3) is 0.733. The van der Waals surface area contributed by atoms with Crippen LogP contribution in [0.5, 0.6) is 0 Å². The van der Waals surface area contributed by atoms with Gasteiger partial charge in [0, 0.05) is 18.1 Å². The topological polar surface area (TPSA) is 38.0 Å². The normalized spacial score (nSPS) is 54.8. The Kier molecular flexibility index (Phi) is 2.25. The number of rotatable bonds is 2. The van der Waals surface area contributed by atoms with Crippen LogP contribution in [-0.2, 0) is 0 Å². The van der Waals surface area contributed by atoms with E-state index >= 15 is 0 Å². The van der Waals surface area contributed by atoms with Crippen molar-refractivity contribution in [3.05, 3.63) is 24.3 Å². The molecule has 0 amide bonds. The Morgan fingerprint density at radius 2 is 1.88 bits per heavy atom. The Balaban J connectivity index is 1.49. The third-order valence-corrected chi connectivity index (χ3v) is 5.70. The summed E-state index contributed by atoms with van der Waals surface area (Å²) in [6, 6.07) is 1.84. The lowest BCUT2D eigenvalue weighted by Crippen LogP contribution is -2.46. The van der Waals surface area contributed by atoms with Crippen LogP contribution in [0, 0.1) is 23.7 Å². The number of allylic oxidation sites excluding steroid dienone is 2. The number of nitrogens with one attached hydrogen (secondary N) is 1. The van der Waals surface area contributed by atoms with Crippen molar-refractivity contribution in [3.8, 4) is 0 Å². The molecule has 5 aliphatic rings. The van der Waals surface area contributed by atoms with E-state index in [9.17, 15) is 0 Å². The molecule has 0 aliphatic heterocycles. The fourth-order valence-corrected chi connectivity index (χ4v) is 5.00. The summed E-state index contributed by atoms with van der Waals surface area (Å²) in [6.07, 6.45) is 14.3. The number of nitrogens with two attached hydrogens (primary N) is 1. The molecule has 7 unspecified atom stereocenters. The number of hydrogen-bond donors (Lipinski definition) is 2. The van der Waals surface area contributed by atoms with Crippen LogP contribution in [0.1, 0.15) is 25.7 Å². The Hall–Kier alpha value is -0.600. The van der Waals surface area contributed by atoms with Crippen molar-refractivity contribution in [1.29, 1.82) is 0 Å². The Bertz CT molecular complexity index is 369. The summed E-state index contributed by atoms with van der Waals surface area (Å²) in [5.41, 5.74) is 6.34. The van der Waals surface area contributed by atoms with Crippen LogP contribution in [-0.4, -0.2) is 18.1 Å². The van der Waals surface area contributed by atoms with Crippen molar-refractivity contribution in [2.75, 3.05) is 0 Å². The van der Waals surface area contributed by atoms with E-state index in [2.05, 4.69) is 29.6 Å². The molecule has 7 atom stereocenters. The second kappa shape index (κ2) is 3.69. The Labute approximate surface area is 103 Å². The maximum atomic E-state index is 6.34. The van der Waals surface area contributed by atoms with E-state index in [4.69, 9.17) is 5.73 Å². The highest BCUT2D eigenvalue weighted by atomic mass is 15.0. The third kappa shape index (κ3) is 1.47. The van der Waals surface area contributed by atoms with Gasteiger partial charge in [0.15, 0.2) is 0 Å². The highest BCUT2D eigenvalue weighted by Crippen LogP contribution is 2.57. The average Bonchev–Trinajstić information content (AvgIpc) is 2.71. The van der Waals surface area contributed by atoms with Gasteiger partial charge in [-0.3, -0.25) is 0 Å². The van der Waals surface area contributed by atoms with Crippen LogP contribution < -0.4 is 11.1 Å². The van der Waals surface area contributed by atoms with E-state index in [0.717, 1.165) is 36.1 Å². The first-order valence-corrected chi connectivity index (χ1v) is 7.18. The van der Waals surface area contributed by atoms with Crippen molar-refractivity contribution in [1.82, 2.24) is 5.32 Å². The van der Waals surface area contributed by atoms with Crippen molar-refractivity contribution in [2.45, 2.75) is 43.8 Å². The molecule has 2 nitrogen and oxygen atoms in total. The summed E-state index contributed by atoms with van der Waals surface area (Å²) in [4.78, 5) is 0. The molecule has 0 aromatic heterocycles. The van der Waals surface area contributed by atoms with Crippen LogP contribution in [0.25, 0.3) is 0 Å². The van der Waals surface area contributed by atoms with Gasteiger partial charge in [0.2, 0.25) is 0 Å². The molecule has 0 heterocycles. The molecule has 0 aromatic carbocycles. The zero-order chi connectivity index (χ0) is 11.4. The largest absolute Gasteiger partial charge is 0.327 e. The van der Waals surface area contributed by atoms with Gasteiger partial charge in [0.05, 0.1) is 0 Å². The van der Waals surface area contributed by atoms with Crippen LogP contribution in [0.15, 0.2) is 24.3 Å². The maximum absolute atomic E-state index is 6.34. The van der Waals surface area contributed by atoms with Gasteiger partial charge in [0.25, 0.3) is 0 Å². The van der Waals surface area contributed by atoms with Crippen molar-refractivity contribution in [2.24, 2.45) is 29.4 Å². The predicted molar refractivity (Wildman–Crippen MR) is 69.4 cm³/mol. The van der Waals surface area contributed by atoms with Gasteiger partial charge in [-0.15, -0.1) is 0 Å². The van der Waals surface area contributed by atoms with E-state index in [1.807, 2.05) is 0 Å². The molecule has 4 bridgehead atoms. The van der Waals surface area contributed by atoms with Crippen molar-refractivity contribution in [3.63, 3.8) is 0 Å². The smallest absolute Gasteiger partial charge is 0.0290 e. The van der Waals surface area contributed by atoms with Crippen molar-refractivity contribution < 1.29 is 0 Å². The van der Waals surface area contributed by atoms with Gasteiger partial charge in [-0.25, -0.2) is 0 Å². The minimum atomic E-state index is 0.518. The van der Waals surface area contributed by atoms with Gasteiger partial charge in [-0.1, -0.05) is 24.3 Å². The van der Waals surface area contributed by atoms with E-state index in [0.29, 0.717) is 12.1 Å². The summed E-state index contributed by atoms with van der Waals surface area (Å²) < 4.78 is 0. The van der Waals surface area contributed by atoms with Gasteiger partial charge in [0.1, 0.15) is 0 Å². The summed E-state index contributed by atoms with van der Waals surface area (Å²) in [5, 5.41) is 3.90. The molecule has 92 valence electrons. The molecule has 17 heavy (non-hydrogen) atoms. The third-order valence-electron chi connectivity index (χ3n) is 5.70. The molecule has 0 aromatic rings. The average molecular weight is 230 g/mol. The predicted octanol–water partition coefficient (Wildman–Crippen LogP) is 1.83. The molecule has 4 fully saturated rings. The molecule has 0 saturated heterocycles. The minimum absolute atomic E-state index is 0.518. The zero-order valence-electron chi connectivity index (χ0n) is 10.3. The van der Waals surface area contributed by atoms with Crippen LogP contribution in [0.2, 0.25) is 0 Å². The molecule has 5 rings (SSSR count). The molecule has 3 N–H and O–H groups in total. The van der Waals surface area contributed by atoms with Crippen LogP contribution in [0.3, 0.4) is 0 Å². The molecule has 0 spiro atoms. The minimum Gasteiger partial charge on any atom is -0.327 e. The molecular formula is C15H22N2. The Morgan fingerprint density at radius 1 is 1.00 bits per heavy atom. The first-order valence-electron chi connectivity index (χ1n) is 7.18. The fourth-order valence-electron chi connectivity index (χ4n) is 5.00. The van der Waals surface area contributed by atoms with E-state index in [-0.39, 0.29) is 0 Å². The summed E-state index contributed by atoms with van der Waals surface area (Å²) in [7, 11) is 0. The quantitative estimate of drug-likeness (QED) is 0.759. The summed E-state index contributed by atoms with van der Waals surface area (Å²) >= 11 is 0. The molecular weight excluding hydrogens is 208 g/mol. The second-order valence-corrected chi connectivity index (χ2v) is 6.48. The lowest BCUT2D eigenvalue weighted by Gasteiger charge is -2.36. The zero-order valence-corrected chi connectivity index (χ0v) is 10.3. The monoisotopic (exact) mass is 230 g/mol. The standard InChI is InChI=1S/C15H22N2/c16-14-9-6-10-8-12(14)13(7-9)15(10)17-11-4-2-1-3-5-11/h1-4,9-15,17H,5-8,16H2. The molecule has 0 radical (unpaired) electrons. The van der Waals surface area contributed by atoms with E-state index in [1.54, 1.807) is 0 Å². The summed E-state index contributed by atoms with van der Waals surface area (Å²) in [6.45, 7) is 0. The highest BCUT2D eigenvalue weighted by molar-refractivity contribution is 5.17. The van der Waals surface area contributed by atoms with E-state index < -0.39 is 0 Å². The van der Waals surface area contributed by atoms with Gasteiger partial charge in [-0.05, 0) is 49.4 Å². The lowest BCUT2D eigenvalue weighted by atomic mass is 9.77. The second-order valence-electron chi connectivity index (χ2n) is 6.48. The molecule has 4 saturated carbocycles. The van der Waals surface area contributed by atoms with Gasteiger partial charge < -0.3 is 11.1 Å². The van der Waals surface area contributed by atoms with Gasteiger partial charge in [-0.2, -0.15) is 0 Å². The molecule has 2 heteroatoms. The first-order chi connectivity index (χ1) is 8.33. The maximum Gasteiger partial charge on any atom is 0.0290 e. The van der Waals surface area contributed by atoms with E-state index in [1.165, 1.54) is 19.3 Å². The lowest BCUT2D eigenvalue weighted by molar-refractivity contribution is 0.201. The van der Waals surface area contributed by atoms with Crippen LogP contribution >= 0.6 is 0 Å².